The average Bonchev–Trinajstić information content (AvgIpc) is 2.89. The standard InChI is InChI=1S/C30H30N4O3/c1-22-9-8-11-24(21-22)32-30(36)34(20-19-31-29(35)33-28-14-7-6-10-23(28)2)25-15-17-27(18-16-25)37-26-12-4-3-5-13-26/h3-18,21H,19-20H2,1-2H3,(H,32,36)(H2,31,33,35). The van der Waals surface area contributed by atoms with E-state index < -0.39 is 0 Å². The minimum Gasteiger partial charge on any atom is -0.457 e. The van der Waals surface area contributed by atoms with Crippen LogP contribution in [-0.2, 0) is 0 Å². The molecule has 0 saturated carbocycles. The molecule has 0 unspecified atom stereocenters. The van der Waals surface area contributed by atoms with Crippen molar-refractivity contribution in [1.29, 1.82) is 0 Å². The number of carbonyl (C=O) groups excluding carboxylic acids is 2. The number of hydrogen-bond acceptors (Lipinski definition) is 3. The fourth-order valence-corrected chi connectivity index (χ4v) is 3.74. The maximum absolute atomic E-state index is 13.3. The lowest BCUT2D eigenvalue weighted by molar-refractivity contribution is 0.250. The highest BCUT2D eigenvalue weighted by molar-refractivity contribution is 6.02. The lowest BCUT2D eigenvalue weighted by Crippen LogP contribution is -2.42. The Morgan fingerprint density at radius 3 is 2.19 bits per heavy atom. The van der Waals surface area contributed by atoms with Crippen molar-refractivity contribution in [2.24, 2.45) is 0 Å². The quantitative estimate of drug-likeness (QED) is 0.248. The Balaban J connectivity index is 1.44. The Hall–Kier alpha value is -4.78. The lowest BCUT2D eigenvalue weighted by Gasteiger charge is -2.24. The molecule has 3 N–H and O–H groups in total. The molecule has 0 atom stereocenters. The first-order valence-corrected chi connectivity index (χ1v) is 12.1. The van der Waals surface area contributed by atoms with Crippen molar-refractivity contribution in [2.45, 2.75) is 13.8 Å². The van der Waals surface area contributed by atoms with Gasteiger partial charge >= 0.3 is 12.1 Å². The van der Waals surface area contributed by atoms with E-state index in [0.29, 0.717) is 17.1 Å². The van der Waals surface area contributed by atoms with Crippen molar-refractivity contribution in [2.75, 3.05) is 28.6 Å². The first-order chi connectivity index (χ1) is 18.0. The summed E-state index contributed by atoms with van der Waals surface area (Å²) >= 11 is 0. The molecule has 37 heavy (non-hydrogen) atoms. The number of nitrogens with zero attached hydrogens (tertiary/aromatic N) is 1. The summed E-state index contributed by atoms with van der Waals surface area (Å²) in [4.78, 5) is 27.3. The summed E-state index contributed by atoms with van der Waals surface area (Å²) in [5, 5.41) is 8.63. The minimum absolute atomic E-state index is 0.251. The number of urea groups is 2. The van der Waals surface area contributed by atoms with Gasteiger partial charge < -0.3 is 20.7 Å². The van der Waals surface area contributed by atoms with Crippen LogP contribution in [0, 0.1) is 13.8 Å². The van der Waals surface area contributed by atoms with Crippen molar-refractivity contribution >= 4 is 29.1 Å². The molecule has 0 radical (unpaired) electrons. The molecule has 188 valence electrons. The molecule has 0 saturated heterocycles. The zero-order valence-corrected chi connectivity index (χ0v) is 20.9. The Morgan fingerprint density at radius 2 is 1.46 bits per heavy atom. The van der Waals surface area contributed by atoms with Crippen LogP contribution in [-0.4, -0.2) is 25.2 Å². The average molecular weight is 495 g/mol. The number of para-hydroxylation sites is 2. The highest BCUT2D eigenvalue weighted by Gasteiger charge is 2.17. The fraction of sp³-hybridized carbons (Fsp3) is 0.133. The molecule has 4 aromatic carbocycles. The van der Waals surface area contributed by atoms with Crippen LogP contribution in [0.3, 0.4) is 0 Å². The molecular weight excluding hydrogens is 464 g/mol. The van der Waals surface area contributed by atoms with Crippen LogP contribution in [0.2, 0.25) is 0 Å². The van der Waals surface area contributed by atoms with Gasteiger partial charge in [-0.05, 0) is 79.6 Å². The maximum Gasteiger partial charge on any atom is 0.326 e. The predicted octanol–water partition coefficient (Wildman–Crippen LogP) is 6.96. The second-order valence-corrected chi connectivity index (χ2v) is 8.56. The SMILES string of the molecule is Cc1cccc(NC(=O)N(CCNC(=O)Nc2ccccc2C)c2ccc(Oc3ccccc3)cc2)c1. The first kappa shape index (κ1) is 25.3. The molecule has 0 heterocycles. The molecule has 0 aliphatic rings. The van der Waals surface area contributed by atoms with Gasteiger partial charge in [-0.15, -0.1) is 0 Å². The highest BCUT2D eigenvalue weighted by Crippen LogP contribution is 2.25. The number of rotatable bonds is 8. The van der Waals surface area contributed by atoms with Gasteiger partial charge in [0.2, 0.25) is 0 Å². The molecule has 4 rings (SSSR count). The maximum atomic E-state index is 13.3. The van der Waals surface area contributed by atoms with E-state index in [1.165, 1.54) is 0 Å². The normalized spacial score (nSPS) is 10.3. The summed E-state index contributed by atoms with van der Waals surface area (Å²) in [6, 6.07) is 31.3. The number of anilines is 3. The van der Waals surface area contributed by atoms with Crippen LogP contribution in [0.1, 0.15) is 11.1 Å². The Kier molecular flexibility index (Phi) is 8.39. The number of ether oxygens (including phenoxy) is 1. The van der Waals surface area contributed by atoms with Gasteiger partial charge in [0.1, 0.15) is 11.5 Å². The van der Waals surface area contributed by atoms with E-state index in [1.54, 1.807) is 4.90 Å². The van der Waals surface area contributed by atoms with Gasteiger partial charge in [-0.25, -0.2) is 9.59 Å². The number of hydrogen-bond donors (Lipinski definition) is 3. The zero-order valence-electron chi connectivity index (χ0n) is 20.9. The number of nitrogens with one attached hydrogen (secondary N) is 3. The number of benzene rings is 4. The van der Waals surface area contributed by atoms with Crippen LogP contribution >= 0.6 is 0 Å². The van der Waals surface area contributed by atoms with E-state index in [4.69, 9.17) is 4.74 Å². The molecule has 0 bridgehead atoms. The summed E-state index contributed by atoms with van der Waals surface area (Å²) in [5.41, 5.74) is 4.12. The second-order valence-electron chi connectivity index (χ2n) is 8.56. The van der Waals surface area contributed by atoms with Gasteiger partial charge in [-0.2, -0.15) is 0 Å². The fourth-order valence-electron chi connectivity index (χ4n) is 3.74. The van der Waals surface area contributed by atoms with Crippen molar-refractivity contribution in [3.05, 3.63) is 114 Å². The Bertz CT molecular complexity index is 1340. The number of carbonyl (C=O) groups is 2. The highest BCUT2D eigenvalue weighted by atomic mass is 16.5. The largest absolute Gasteiger partial charge is 0.457 e. The van der Waals surface area contributed by atoms with Crippen molar-refractivity contribution in [3.8, 4) is 11.5 Å². The van der Waals surface area contributed by atoms with Crippen molar-refractivity contribution in [3.63, 3.8) is 0 Å². The first-order valence-electron chi connectivity index (χ1n) is 12.1. The topological polar surface area (TPSA) is 82.7 Å². The number of aryl methyl sites for hydroxylation is 2. The molecule has 0 aliphatic heterocycles. The molecule has 4 amide bonds. The van der Waals surface area contributed by atoms with E-state index in [0.717, 1.165) is 22.6 Å². The van der Waals surface area contributed by atoms with Crippen LogP contribution < -0.4 is 25.6 Å². The third-order valence-electron chi connectivity index (χ3n) is 5.66. The third kappa shape index (κ3) is 7.35. The molecule has 0 spiro atoms. The van der Waals surface area contributed by atoms with Gasteiger partial charge in [-0.1, -0.05) is 48.5 Å². The molecule has 7 nitrogen and oxygen atoms in total. The minimum atomic E-state index is -0.333. The van der Waals surface area contributed by atoms with E-state index in [1.807, 2.05) is 117 Å². The second kappa shape index (κ2) is 12.3. The molecule has 0 fully saturated rings. The summed E-state index contributed by atoms with van der Waals surface area (Å²) in [6.45, 7) is 4.41. The van der Waals surface area contributed by atoms with Gasteiger partial charge in [0.15, 0.2) is 0 Å². The monoisotopic (exact) mass is 494 g/mol. The van der Waals surface area contributed by atoms with Gasteiger partial charge in [0.25, 0.3) is 0 Å². The van der Waals surface area contributed by atoms with Crippen molar-refractivity contribution < 1.29 is 14.3 Å². The molecule has 4 aromatic rings. The van der Waals surface area contributed by atoms with Gasteiger partial charge in [-0.3, -0.25) is 4.90 Å². The van der Waals surface area contributed by atoms with E-state index in [9.17, 15) is 9.59 Å². The van der Waals surface area contributed by atoms with Crippen LogP contribution in [0.25, 0.3) is 0 Å². The molecule has 0 aromatic heterocycles. The van der Waals surface area contributed by atoms with Gasteiger partial charge in [0.05, 0.1) is 0 Å². The lowest BCUT2D eigenvalue weighted by atomic mass is 10.2. The third-order valence-corrected chi connectivity index (χ3v) is 5.66. The van der Waals surface area contributed by atoms with E-state index >= 15 is 0 Å². The van der Waals surface area contributed by atoms with Gasteiger partial charge in [0, 0.05) is 30.2 Å². The van der Waals surface area contributed by atoms with Crippen LogP contribution in [0.4, 0.5) is 26.7 Å². The summed E-state index contributed by atoms with van der Waals surface area (Å²) in [6.07, 6.45) is 0. The van der Waals surface area contributed by atoms with E-state index in [-0.39, 0.29) is 25.2 Å². The van der Waals surface area contributed by atoms with E-state index in [2.05, 4.69) is 16.0 Å². The molecular formula is C30H30N4O3. The van der Waals surface area contributed by atoms with Crippen LogP contribution in [0.15, 0.2) is 103 Å². The van der Waals surface area contributed by atoms with Crippen LogP contribution in [0.5, 0.6) is 11.5 Å². The molecule has 7 heteroatoms. The Morgan fingerprint density at radius 1 is 0.757 bits per heavy atom. The van der Waals surface area contributed by atoms with Crippen molar-refractivity contribution in [1.82, 2.24) is 5.32 Å². The predicted molar refractivity (Wildman–Crippen MR) is 149 cm³/mol. The number of amides is 4. The zero-order chi connectivity index (χ0) is 26.0. The summed E-state index contributed by atoms with van der Waals surface area (Å²) in [5.74, 6) is 1.39. The Labute approximate surface area is 217 Å². The summed E-state index contributed by atoms with van der Waals surface area (Å²) in [7, 11) is 0. The molecule has 0 aliphatic carbocycles. The summed E-state index contributed by atoms with van der Waals surface area (Å²) < 4.78 is 5.88. The smallest absolute Gasteiger partial charge is 0.326 e.